The number of hydrogen-bond donors (Lipinski definition) is 1. The summed E-state index contributed by atoms with van der Waals surface area (Å²) in [7, 11) is 1.80. The van der Waals surface area contributed by atoms with E-state index in [9.17, 15) is 0 Å². The third-order valence-corrected chi connectivity index (χ3v) is 4.54. The predicted octanol–water partition coefficient (Wildman–Crippen LogP) is 5.73. The molecule has 0 amide bonds. The van der Waals surface area contributed by atoms with Crippen molar-refractivity contribution in [2.75, 3.05) is 7.05 Å². The van der Waals surface area contributed by atoms with Gasteiger partial charge in [0.15, 0.2) is 0 Å². The Balaban J connectivity index is 3.09. The van der Waals surface area contributed by atoms with E-state index in [-0.39, 0.29) is 0 Å². The summed E-state index contributed by atoms with van der Waals surface area (Å²) in [5.41, 5.74) is 5.61. The highest BCUT2D eigenvalue weighted by Gasteiger charge is 2.14. The molecule has 0 atom stereocenters. The van der Waals surface area contributed by atoms with E-state index >= 15 is 0 Å². The molecule has 0 saturated heterocycles. The van der Waals surface area contributed by atoms with Gasteiger partial charge in [-0.15, -0.1) is 0 Å². The summed E-state index contributed by atoms with van der Waals surface area (Å²) in [6.45, 7) is 11.5. The molecule has 148 valence electrons. The second-order valence-electron chi connectivity index (χ2n) is 7.01. The summed E-state index contributed by atoms with van der Waals surface area (Å²) in [5, 5.41) is 3.49. The van der Waals surface area contributed by atoms with E-state index in [0.717, 1.165) is 54.9 Å². The van der Waals surface area contributed by atoms with Gasteiger partial charge in [-0.25, -0.2) is 0 Å². The van der Waals surface area contributed by atoms with Crippen molar-refractivity contribution >= 4 is 11.9 Å². The SMILES string of the molecule is CCCC(CCC)C(/C=C(\C)NCc1cccnc1)=N/C(C)=C(\C)C=NC. The molecular formula is C23H36N4. The number of rotatable bonds is 11. The molecular weight excluding hydrogens is 332 g/mol. The summed E-state index contributed by atoms with van der Waals surface area (Å²) >= 11 is 0. The third kappa shape index (κ3) is 8.80. The number of nitrogens with one attached hydrogen (secondary N) is 1. The van der Waals surface area contributed by atoms with Crippen LogP contribution >= 0.6 is 0 Å². The fourth-order valence-electron chi connectivity index (χ4n) is 2.96. The van der Waals surface area contributed by atoms with Crippen molar-refractivity contribution in [2.24, 2.45) is 15.9 Å². The molecule has 4 nitrogen and oxygen atoms in total. The van der Waals surface area contributed by atoms with Gasteiger partial charge in [0.05, 0.1) is 0 Å². The van der Waals surface area contributed by atoms with E-state index in [1.165, 1.54) is 5.56 Å². The average molecular weight is 369 g/mol. The minimum absolute atomic E-state index is 0.483. The van der Waals surface area contributed by atoms with Crippen molar-refractivity contribution in [3.63, 3.8) is 0 Å². The first-order valence-corrected chi connectivity index (χ1v) is 10.0. The Morgan fingerprint density at radius 2 is 1.89 bits per heavy atom. The van der Waals surface area contributed by atoms with Gasteiger partial charge in [-0.3, -0.25) is 15.0 Å². The number of hydrogen-bond acceptors (Lipinski definition) is 4. The fourth-order valence-corrected chi connectivity index (χ4v) is 2.96. The lowest BCUT2D eigenvalue weighted by atomic mass is 9.92. The zero-order valence-corrected chi connectivity index (χ0v) is 17.9. The monoisotopic (exact) mass is 368 g/mol. The molecule has 0 aliphatic heterocycles. The van der Waals surface area contributed by atoms with Crippen LogP contribution in [0.15, 0.2) is 57.6 Å². The van der Waals surface area contributed by atoms with Crippen molar-refractivity contribution in [3.8, 4) is 0 Å². The maximum absolute atomic E-state index is 5.00. The number of allylic oxidation sites excluding steroid dienone is 4. The van der Waals surface area contributed by atoms with Crippen LogP contribution in [0.25, 0.3) is 0 Å². The predicted molar refractivity (Wildman–Crippen MR) is 118 cm³/mol. The molecule has 0 aliphatic carbocycles. The smallest absolute Gasteiger partial charge is 0.0454 e. The quantitative estimate of drug-likeness (QED) is 0.507. The summed E-state index contributed by atoms with van der Waals surface area (Å²) < 4.78 is 0. The molecule has 1 rings (SSSR count). The van der Waals surface area contributed by atoms with Gasteiger partial charge in [0.25, 0.3) is 0 Å². The van der Waals surface area contributed by atoms with Crippen LogP contribution in [0.5, 0.6) is 0 Å². The number of pyridine rings is 1. The molecule has 0 aliphatic rings. The van der Waals surface area contributed by atoms with Crippen molar-refractivity contribution in [1.82, 2.24) is 10.3 Å². The van der Waals surface area contributed by atoms with Crippen LogP contribution < -0.4 is 5.32 Å². The molecule has 0 unspecified atom stereocenters. The molecule has 1 N–H and O–H groups in total. The van der Waals surface area contributed by atoms with Crippen LogP contribution in [-0.4, -0.2) is 24.0 Å². The molecule has 1 aromatic heterocycles. The van der Waals surface area contributed by atoms with Crippen LogP contribution in [0.2, 0.25) is 0 Å². The minimum atomic E-state index is 0.483. The maximum atomic E-state index is 5.00. The van der Waals surface area contributed by atoms with Crippen LogP contribution in [0, 0.1) is 5.92 Å². The van der Waals surface area contributed by atoms with Gasteiger partial charge >= 0.3 is 0 Å². The Morgan fingerprint density at radius 3 is 2.44 bits per heavy atom. The zero-order valence-electron chi connectivity index (χ0n) is 17.9. The van der Waals surface area contributed by atoms with Crippen LogP contribution in [0.4, 0.5) is 0 Å². The van der Waals surface area contributed by atoms with Gasteiger partial charge in [0, 0.05) is 55.2 Å². The Hall–Kier alpha value is -2.23. The second kappa shape index (κ2) is 13.0. The van der Waals surface area contributed by atoms with Gasteiger partial charge in [0.2, 0.25) is 0 Å². The molecule has 1 heterocycles. The lowest BCUT2D eigenvalue weighted by Gasteiger charge is -2.18. The highest BCUT2D eigenvalue weighted by molar-refractivity contribution is 5.98. The minimum Gasteiger partial charge on any atom is -0.384 e. The van der Waals surface area contributed by atoms with Crippen molar-refractivity contribution in [2.45, 2.75) is 66.8 Å². The Morgan fingerprint density at radius 1 is 1.19 bits per heavy atom. The normalized spacial score (nSPS) is 14.0. The van der Waals surface area contributed by atoms with Crippen LogP contribution in [-0.2, 0) is 6.54 Å². The van der Waals surface area contributed by atoms with Crippen molar-refractivity contribution in [1.29, 1.82) is 0 Å². The van der Waals surface area contributed by atoms with E-state index in [4.69, 9.17) is 4.99 Å². The summed E-state index contributed by atoms with van der Waals surface area (Å²) in [6, 6.07) is 4.05. The largest absolute Gasteiger partial charge is 0.384 e. The Labute approximate surface area is 165 Å². The summed E-state index contributed by atoms with van der Waals surface area (Å²) in [6.07, 6.45) is 12.4. The van der Waals surface area contributed by atoms with E-state index in [2.05, 4.69) is 62.1 Å². The highest BCUT2D eigenvalue weighted by Crippen LogP contribution is 2.19. The highest BCUT2D eigenvalue weighted by atomic mass is 14.9. The number of aromatic nitrogens is 1. The Bertz CT molecular complexity index is 663. The van der Waals surface area contributed by atoms with Crippen LogP contribution in [0.1, 0.15) is 65.9 Å². The van der Waals surface area contributed by atoms with Crippen molar-refractivity contribution < 1.29 is 0 Å². The molecule has 4 heteroatoms. The van der Waals surface area contributed by atoms with Crippen LogP contribution in [0.3, 0.4) is 0 Å². The zero-order chi connectivity index (χ0) is 20.1. The fraction of sp³-hybridized carbons (Fsp3) is 0.522. The van der Waals surface area contributed by atoms with Gasteiger partial charge in [-0.2, -0.15) is 0 Å². The summed E-state index contributed by atoms with van der Waals surface area (Å²) in [5.74, 6) is 0.483. The molecule has 1 aromatic rings. The molecule has 0 saturated carbocycles. The standard InChI is InChI=1S/C23H36N4/c1-7-10-22(11-8-2)23(27-20(5)18(3)15-24-6)14-19(4)26-17-21-12-9-13-25-16-21/h9,12-16,22,26H,7-8,10-11,17H2,1-6H3/b19-14+,20-18+,24-15?,27-23+. The van der Waals surface area contributed by atoms with E-state index < -0.39 is 0 Å². The maximum Gasteiger partial charge on any atom is 0.0454 e. The molecule has 0 fully saturated rings. The summed E-state index contributed by atoms with van der Waals surface area (Å²) in [4.78, 5) is 13.3. The molecule has 0 radical (unpaired) electrons. The molecule has 0 bridgehead atoms. The van der Waals surface area contributed by atoms with Gasteiger partial charge in [-0.1, -0.05) is 32.8 Å². The lowest BCUT2D eigenvalue weighted by molar-refractivity contribution is 0.559. The van der Waals surface area contributed by atoms with E-state index in [1.54, 1.807) is 13.2 Å². The van der Waals surface area contributed by atoms with Gasteiger partial charge in [0.1, 0.15) is 0 Å². The van der Waals surface area contributed by atoms with E-state index in [1.807, 2.05) is 18.5 Å². The first kappa shape index (κ1) is 22.8. The lowest BCUT2D eigenvalue weighted by Crippen LogP contribution is -2.17. The molecule has 27 heavy (non-hydrogen) atoms. The third-order valence-electron chi connectivity index (χ3n) is 4.54. The molecule has 0 spiro atoms. The topological polar surface area (TPSA) is 49.6 Å². The van der Waals surface area contributed by atoms with Crippen molar-refractivity contribution in [3.05, 3.63) is 53.1 Å². The van der Waals surface area contributed by atoms with Gasteiger partial charge in [-0.05, 0) is 56.9 Å². The number of aliphatic imine (C=N–C) groups is 2. The first-order valence-electron chi connectivity index (χ1n) is 10.0. The van der Waals surface area contributed by atoms with E-state index in [0.29, 0.717) is 5.92 Å². The average Bonchev–Trinajstić information content (AvgIpc) is 2.66. The van der Waals surface area contributed by atoms with Gasteiger partial charge < -0.3 is 5.32 Å². The first-order chi connectivity index (χ1) is 13.0. The Kier molecular flexibility index (Phi) is 11.0. The number of nitrogens with zero attached hydrogens (tertiary/aromatic N) is 3. The molecule has 0 aromatic carbocycles. The second-order valence-corrected chi connectivity index (χ2v) is 7.01.